The lowest BCUT2D eigenvalue weighted by molar-refractivity contribution is -0.938. The maximum atomic E-state index is 12.9. The molecule has 4 heteroatoms. The molecule has 0 amide bonds. The third-order valence-corrected chi connectivity index (χ3v) is 6.14. The zero-order valence-corrected chi connectivity index (χ0v) is 19.2. The second-order valence-corrected chi connectivity index (χ2v) is 8.78. The number of benzene rings is 1. The van der Waals surface area contributed by atoms with Gasteiger partial charge in [0.2, 0.25) is 0 Å². The van der Waals surface area contributed by atoms with Gasteiger partial charge in [-0.1, -0.05) is 53.9 Å². The molecule has 0 heterocycles. The summed E-state index contributed by atoms with van der Waals surface area (Å²) in [4.78, 5) is 12.9. The van der Waals surface area contributed by atoms with Gasteiger partial charge in [-0.25, -0.2) is 0 Å². The molecule has 0 bridgehead atoms. The van der Waals surface area contributed by atoms with E-state index in [0.29, 0.717) is 17.4 Å². The Hall–Kier alpha value is -0.710. The molecule has 0 saturated heterocycles. The van der Waals surface area contributed by atoms with Crippen LogP contribution in [0.15, 0.2) is 18.2 Å². The first-order valence-electron chi connectivity index (χ1n) is 10.6. The minimum atomic E-state index is 0.0701. The van der Waals surface area contributed by atoms with Crippen LogP contribution in [0.2, 0.25) is 0 Å². The van der Waals surface area contributed by atoms with Crippen LogP contribution in [0.25, 0.3) is 0 Å². The zero-order chi connectivity index (χ0) is 20.1. The van der Waals surface area contributed by atoms with E-state index >= 15 is 0 Å². The molecule has 0 radical (unpaired) electrons. The molecule has 0 fully saturated rings. The molecule has 1 rings (SSSR count). The van der Waals surface area contributed by atoms with E-state index in [1.54, 1.807) is 0 Å². The minimum Gasteiger partial charge on any atom is -0.347 e. The fourth-order valence-corrected chi connectivity index (χ4v) is 4.21. The van der Waals surface area contributed by atoms with E-state index in [4.69, 9.17) is 0 Å². The molecule has 27 heavy (non-hydrogen) atoms. The van der Waals surface area contributed by atoms with Crippen molar-refractivity contribution in [3.63, 3.8) is 0 Å². The quantitative estimate of drug-likeness (QED) is 0.173. The number of Topliss-reactive ketones (excluding diaryl/α,β-unsaturated/α-hetero) is 1. The van der Waals surface area contributed by atoms with Crippen molar-refractivity contribution in [3.05, 3.63) is 34.9 Å². The van der Waals surface area contributed by atoms with Crippen LogP contribution in [0.1, 0.15) is 68.6 Å². The summed E-state index contributed by atoms with van der Waals surface area (Å²) in [5.74, 6) is 0.249. The molecule has 0 spiro atoms. The Kier molecular flexibility index (Phi) is 12.1. The molecule has 3 nitrogen and oxygen atoms in total. The second kappa shape index (κ2) is 13.5. The van der Waals surface area contributed by atoms with Crippen molar-refractivity contribution >= 4 is 21.7 Å². The number of alkyl halides is 1. The van der Waals surface area contributed by atoms with Crippen molar-refractivity contribution in [1.82, 2.24) is 0 Å². The van der Waals surface area contributed by atoms with Gasteiger partial charge in [0.05, 0.1) is 13.1 Å². The maximum absolute atomic E-state index is 12.9. The van der Waals surface area contributed by atoms with Crippen LogP contribution < -0.4 is 0 Å². The lowest BCUT2D eigenvalue weighted by Crippen LogP contribution is -2.53. The highest BCUT2D eigenvalue weighted by Gasteiger charge is 2.29. The largest absolute Gasteiger partial charge is 0.347 e. The Morgan fingerprint density at radius 2 is 1.59 bits per heavy atom. The summed E-state index contributed by atoms with van der Waals surface area (Å²) < 4.78 is 0.540. The Morgan fingerprint density at radius 1 is 1.00 bits per heavy atom. The first kappa shape index (κ1) is 24.3. The van der Waals surface area contributed by atoms with E-state index in [-0.39, 0.29) is 12.5 Å². The van der Waals surface area contributed by atoms with E-state index in [0.717, 1.165) is 49.7 Å². The molecular weight excluding hydrogens is 402 g/mol. The van der Waals surface area contributed by atoms with Crippen LogP contribution >= 0.6 is 15.9 Å². The zero-order valence-electron chi connectivity index (χ0n) is 17.6. The number of halogens is 1. The standard InChI is InChI=1S/C23H39BrNO2/c1-4-5-9-15-25(19-26,16-10-7-6-8-14-24)18-22(27)17-23-20(2)12-11-13-21(23)3/h11-13,26H,4-10,14-19H2,1-3H3/q+1. The number of ketones is 1. The van der Waals surface area contributed by atoms with Gasteiger partial charge in [-0.15, -0.1) is 0 Å². The summed E-state index contributed by atoms with van der Waals surface area (Å²) in [7, 11) is 0. The number of aliphatic hydroxyl groups is 1. The van der Waals surface area contributed by atoms with Gasteiger partial charge in [-0.2, -0.15) is 0 Å². The number of quaternary nitrogens is 1. The van der Waals surface area contributed by atoms with E-state index in [9.17, 15) is 9.90 Å². The predicted octanol–water partition coefficient (Wildman–Crippen LogP) is 5.33. The van der Waals surface area contributed by atoms with E-state index in [1.165, 1.54) is 30.4 Å². The molecule has 1 N–H and O–H groups in total. The molecule has 0 aliphatic rings. The number of unbranched alkanes of at least 4 members (excludes halogenated alkanes) is 5. The van der Waals surface area contributed by atoms with E-state index < -0.39 is 0 Å². The maximum Gasteiger partial charge on any atom is 0.191 e. The highest BCUT2D eigenvalue weighted by molar-refractivity contribution is 9.09. The van der Waals surface area contributed by atoms with Gasteiger partial charge in [0, 0.05) is 11.8 Å². The van der Waals surface area contributed by atoms with Crippen molar-refractivity contribution < 1.29 is 14.4 Å². The third-order valence-electron chi connectivity index (χ3n) is 5.58. The van der Waals surface area contributed by atoms with Gasteiger partial charge in [-0.05, 0) is 62.6 Å². The molecule has 1 unspecified atom stereocenters. The third kappa shape index (κ3) is 8.89. The summed E-state index contributed by atoms with van der Waals surface area (Å²) >= 11 is 3.48. The number of aryl methyl sites for hydroxylation is 2. The fourth-order valence-electron chi connectivity index (χ4n) is 3.81. The van der Waals surface area contributed by atoms with E-state index in [1.807, 2.05) is 6.07 Å². The second-order valence-electron chi connectivity index (χ2n) is 7.98. The summed E-state index contributed by atoms with van der Waals surface area (Å²) in [6.07, 6.45) is 8.54. The van der Waals surface area contributed by atoms with Gasteiger partial charge in [-0.3, -0.25) is 9.28 Å². The lowest BCUT2D eigenvalue weighted by Gasteiger charge is -2.36. The number of hydrogen-bond donors (Lipinski definition) is 1. The van der Waals surface area contributed by atoms with Crippen LogP contribution in [0.5, 0.6) is 0 Å². The van der Waals surface area contributed by atoms with Crippen LogP contribution in [0.4, 0.5) is 0 Å². The average molecular weight is 441 g/mol. The van der Waals surface area contributed by atoms with Crippen LogP contribution in [-0.2, 0) is 11.2 Å². The monoisotopic (exact) mass is 440 g/mol. The van der Waals surface area contributed by atoms with Crippen molar-refractivity contribution in [3.8, 4) is 0 Å². The molecule has 1 aromatic carbocycles. The summed E-state index contributed by atoms with van der Waals surface area (Å²) in [6, 6.07) is 6.20. The molecular formula is C23H39BrNO2+. The van der Waals surface area contributed by atoms with Gasteiger partial charge in [0.25, 0.3) is 0 Å². The van der Waals surface area contributed by atoms with Crippen molar-refractivity contribution in [2.45, 2.75) is 72.1 Å². The lowest BCUT2D eigenvalue weighted by atomic mass is 9.97. The Morgan fingerprint density at radius 3 is 2.15 bits per heavy atom. The number of carbonyl (C=O) groups excluding carboxylic acids is 1. The molecule has 1 aromatic rings. The number of aliphatic hydroxyl groups excluding tert-OH is 1. The van der Waals surface area contributed by atoms with Gasteiger partial charge in [0.15, 0.2) is 12.5 Å². The highest BCUT2D eigenvalue weighted by Crippen LogP contribution is 2.18. The summed E-state index contributed by atoms with van der Waals surface area (Å²) in [5.41, 5.74) is 3.53. The number of hydrogen-bond acceptors (Lipinski definition) is 2. The van der Waals surface area contributed by atoms with Crippen molar-refractivity contribution in [2.75, 3.05) is 31.7 Å². The van der Waals surface area contributed by atoms with Gasteiger partial charge < -0.3 is 5.11 Å². The van der Waals surface area contributed by atoms with Crippen molar-refractivity contribution in [2.24, 2.45) is 0 Å². The molecule has 1 atom stereocenters. The Labute approximate surface area is 174 Å². The number of rotatable bonds is 15. The van der Waals surface area contributed by atoms with Crippen LogP contribution in [0, 0.1) is 13.8 Å². The van der Waals surface area contributed by atoms with Gasteiger partial charge in [0.1, 0.15) is 6.54 Å². The highest BCUT2D eigenvalue weighted by atomic mass is 79.9. The van der Waals surface area contributed by atoms with Gasteiger partial charge >= 0.3 is 0 Å². The first-order valence-corrected chi connectivity index (χ1v) is 11.7. The molecule has 154 valence electrons. The topological polar surface area (TPSA) is 37.3 Å². The predicted molar refractivity (Wildman–Crippen MR) is 118 cm³/mol. The Balaban J connectivity index is 2.76. The molecule has 0 aliphatic carbocycles. The first-order chi connectivity index (χ1) is 13.0. The smallest absolute Gasteiger partial charge is 0.191 e. The fraction of sp³-hybridized carbons (Fsp3) is 0.696. The number of carbonyl (C=O) groups is 1. The SMILES string of the molecule is CCCCC[N+](CO)(CCCCCCBr)CC(=O)Cc1c(C)cccc1C. The number of nitrogens with zero attached hydrogens (tertiary/aromatic N) is 1. The van der Waals surface area contributed by atoms with Crippen LogP contribution in [-0.4, -0.2) is 47.1 Å². The van der Waals surface area contributed by atoms with Crippen molar-refractivity contribution in [1.29, 1.82) is 0 Å². The summed E-state index contributed by atoms with van der Waals surface area (Å²) in [6.45, 7) is 8.68. The molecule has 0 aliphatic heterocycles. The van der Waals surface area contributed by atoms with Crippen LogP contribution in [0.3, 0.4) is 0 Å². The normalized spacial score (nSPS) is 13.5. The molecule has 0 aromatic heterocycles. The Bertz CT molecular complexity index is 541. The van der Waals surface area contributed by atoms with E-state index in [2.05, 4.69) is 48.8 Å². The molecule has 0 saturated carbocycles. The average Bonchev–Trinajstić information content (AvgIpc) is 2.64. The minimum absolute atomic E-state index is 0.0701. The summed E-state index contributed by atoms with van der Waals surface area (Å²) in [5, 5.41) is 11.3.